The predicted octanol–water partition coefficient (Wildman–Crippen LogP) is 2.77. The summed E-state index contributed by atoms with van der Waals surface area (Å²) < 4.78 is 13.9. The van der Waals surface area contributed by atoms with Gasteiger partial charge in [0.2, 0.25) is 0 Å². The Bertz CT molecular complexity index is 514. The van der Waals surface area contributed by atoms with Crippen LogP contribution < -0.4 is 5.32 Å². The van der Waals surface area contributed by atoms with Gasteiger partial charge in [-0.25, -0.2) is 4.39 Å². The quantitative estimate of drug-likeness (QED) is 0.774. The molecule has 0 atom stereocenters. The first-order valence-corrected chi connectivity index (χ1v) is 5.92. The molecule has 1 aromatic carbocycles. The fourth-order valence-corrected chi connectivity index (χ4v) is 2.47. The summed E-state index contributed by atoms with van der Waals surface area (Å²) in [7, 11) is 0. The van der Waals surface area contributed by atoms with E-state index in [1.54, 1.807) is 6.07 Å². The number of benzene rings is 1. The molecule has 1 aliphatic rings. The maximum atomic E-state index is 13.9. The lowest BCUT2D eigenvalue weighted by Crippen LogP contribution is -2.22. The van der Waals surface area contributed by atoms with Crippen molar-refractivity contribution in [2.24, 2.45) is 0 Å². The fraction of sp³-hybridized carbons (Fsp3) is 0.286. The van der Waals surface area contributed by atoms with E-state index < -0.39 is 0 Å². The number of nitrogens with one attached hydrogen (secondary N) is 2. The molecule has 2 heterocycles. The topological polar surface area (TPSA) is 27.8 Å². The van der Waals surface area contributed by atoms with E-state index in [4.69, 9.17) is 0 Å². The van der Waals surface area contributed by atoms with Crippen molar-refractivity contribution in [3.05, 3.63) is 46.9 Å². The van der Waals surface area contributed by atoms with Crippen molar-refractivity contribution in [3.8, 4) is 11.3 Å². The lowest BCUT2D eigenvalue weighted by atomic mass is 10.0. The number of aryl methyl sites for hydroxylation is 1. The number of hydrogen-bond acceptors (Lipinski definition) is 1. The standard InChI is InChI=1S/C14H15FN2/c1-9-3-2-4-11(15)14(9)13-7-10-8-16-6-5-12(10)17-13/h2-4,7,16-17H,5-6,8H2,1H3. The average molecular weight is 230 g/mol. The van der Waals surface area contributed by atoms with Crippen LogP contribution in [-0.2, 0) is 13.0 Å². The van der Waals surface area contributed by atoms with Crippen LogP contribution in [0.2, 0.25) is 0 Å². The van der Waals surface area contributed by atoms with Crippen LogP contribution in [0.5, 0.6) is 0 Å². The molecule has 1 aliphatic heterocycles. The second-order valence-corrected chi connectivity index (χ2v) is 4.55. The Kier molecular flexibility index (Phi) is 2.48. The van der Waals surface area contributed by atoms with Gasteiger partial charge >= 0.3 is 0 Å². The molecule has 0 radical (unpaired) electrons. The van der Waals surface area contributed by atoms with Gasteiger partial charge in [-0.05, 0) is 30.2 Å². The number of fused-ring (bicyclic) bond motifs is 1. The smallest absolute Gasteiger partial charge is 0.132 e. The number of aromatic amines is 1. The molecule has 0 saturated heterocycles. The molecule has 2 nitrogen and oxygen atoms in total. The number of rotatable bonds is 1. The van der Waals surface area contributed by atoms with Crippen molar-refractivity contribution < 1.29 is 4.39 Å². The summed E-state index contributed by atoms with van der Waals surface area (Å²) in [4.78, 5) is 3.35. The molecule has 17 heavy (non-hydrogen) atoms. The molecule has 3 rings (SSSR count). The maximum Gasteiger partial charge on any atom is 0.132 e. The molecule has 3 heteroatoms. The first kappa shape index (κ1) is 10.5. The zero-order valence-electron chi connectivity index (χ0n) is 9.81. The molecule has 88 valence electrons. The van der Waals surface area contributed by atoms with E-state index in [2.05, 4.69) is 16.4 Å². The van der Waals surface area contributed by atoms with Gasteiger partial charge in [0.25, 0.3) is 0 Å². The number of aromatic nitrogens is 1. The molecule has 0 unspecified atom stereocenters. The van der Waals surface area contributed by atoms with E-state index in [0.29, 0.717) is 5.56 Å². The summed E-state index contributed by atoms with van der Waals surface area (Å²) in [5.74, 6) is -0.156. The normalized spacial score (nSPS) is 14.7. The van der Waals surface area contributed by atoms with Gasteiger partial charge in [0.15, 0.2) is 0 Å². The van der Waals surface area contributed by atoms with E-state index in [-0.39, 0.29) is 5.82 Å². The summed E-state index contributed by atoms with van der Waals surface area (Å²) in [6.07, 6.45) is 0.989. The highest BCUT2D eigenvalue weighted by Crippen LogP contribution is 2.28. The van der Waals surface area contributed by atoms with Crippen LogP contribution in [0.1, 0.15) is 16.8 Å². The summed E-state index contributed by atoms with van der Waals surface area (Å²) in [6.45, 7) is 3.80. The Labute approximate surface area is 99.9 Å². The fourth-order valence-electron chi connectivity index (χ4n) is 2.47. The summed E-state index contributed by atoms with van der Waals surface area (Å²) >= 11 is 0. The Morgan fingerprint density at radius 3 is 2.94 bits per heavy atom. The highest BCUT2D eigenvalue weighted by atomic mass is 19.1. The van der Waals surface area contributed by atoms with Gasteiger partial charge < -0.3 is 10.3 Å². The highest BCUT2D eigenvalue weighted by Gasteiger charge is 2.16. The molecule has 2 N–H and O–H groups in total. The van der Waals surface area contributed by atoms with E-state index >= 15 is 0 Å². The van der Waals surface area contributed by atoms with Gasteiger partial charge in [0.1, 0.15) is 5.82 Å². The molecular formula is C14H15FN2. The third-order valence-electron chi connectivity index (χ3n) is 3.35. The van der Waals surface area contributed by atoms with Crippen molar-refractivity contribution >= 4 is 0 Å². The lowest BCUT2D eigenvalue weighted by molar-refractivity contribution is 0.629. The molecular weight excluding hydrogens is 215 g/mol. The lowest BCUT2D eigenvalue weighted by Gasteiger charge is -2.11. The third kappa shape index (κ3) is 1.76. The number of halogens is 1. The van der Waals surface area contributed by atoms with E-state index in [1.165, 1.54) is 17.3 Å². The second-order valence-electron chi connectivity index (χ2n) is 4.55. The van der Waals surface area contributed by atoms with Crippen molar-refractivity contribution in [2.45, 2.75) is 19.9 Å². The zero-order valence-corrected chi connectivity index (χ0v) is 9.81. The summed E-state index contributed by atoms with van der Waals surface area (Å²) in [6, 6.07) is 7.27. The predicted molar refractivity (Wildman–Crippen MR) is 66.3 cm³/mol. The van der Waals surface area contributed by atoms with Gasteiger partial charge in [-0.2, -0.15) is 0 Å². The Morgan fingerprint density at radius 2 is 2.18 bits per heavy atom. The van der Waals surface area contributed by atoms with Gasteiger partial charge in [-0.3, -0.25) is 0 Å². The molecule has 0 amide bonds. The molecule has 2 aromatic rings. The van der Waals surface area contributed by atoms with Crippen LogP contribution in [0.15, 0.2) is 24.3 Å². The van der Waals surface area contributed by atoms with Crippen LogP contribution in [-0.4, -0.2) is 11.5 Å². The van der Waals surface area contributed by atoms with Gasteiger partial charge in [-0.1, -0.05) is 12.1 Å². The summed E-state index contributed by atoms with van der Waals surface area (Å²) in [5, 5.41) is 3.32. The van der Waals surface area contributed by atoms with Crippen LogP contribution in [0.25, 0.3) is 11.3 Å². The molecule has 0 fully saturated rings. The van der Waals surface area contributed by atoms with Crippen molar-refractivity contribution in [1.29, 1.82) is 0 Å². The number of H-pyrrole nitrogens is 1. The van der Waals surface area contributed by atoms with Crippen LogP contribution in [0.3, 0.4) is 0 Å². The molecule has 1 aromatic heterocycles. The van der Waals surface area contributed by atoms with Gasteiger partial charge in [0.05, 0.1) is 0 Å². The molecule has 0 bridgehead atoms. The average Bonchev–Trinajstić information content (AvgIpc) is 2.71. The zero-order chi connectivity index (χ0) is 11.8. The van der Waals surface area contributed by atoms with Crippen LogP contribution >= 0.6 is 0 Å². The summed E-state index contributed by atoms with van der Waals surface area (Å²) in [5.41, 5.74) is 5.06. The third-order valence-corrected chi connectivity index (χ3v) is 3.35. The molecule has 0 aliphatic carbocycles. The minimum Gasteiger partial charge on any atom is -0.358 e. The Hall–Kier alpha value is -1.61. The monoisotopic (exact) mass is 230 g/mol. The van der Waals surface area contributed by atoms with Gasteiger partial charge in [-0.15, -0.1) is 0 Å². The first-order chi connectivity index (χ1) is 8.25. The Morgan fingerprint density at radius 1 is 1.29 bits per heavy atom. The van der Waals surface area contributed by atoms with Crippen LogP contribution in [0.4, 0.5) is 4.39 Å². The van der Waals surface area contributed by atoms with E-state index in [9.17, 15) is 4.39 Å². The van der Waals surface area contributed by atoms with Gasteiger partial charge in [0, 0.05) is 36.5 Å². The number of hydrogen-bond donors (Lipinski definition) is 2. The minimum atomic E-state index is -0.156. The van der Waals surface area contributed by atoms with Crippen LogP contribution in [0, 0.1) is 12.7 Å². The van der Waals surface area contributed by atoms with Crippen molar-refractivity contribution in [2.75, 3.05) is 6.54 Å². The highest BCUT2D eigenvalue weighted by molar-refractivity contribution is 5.66. The SMILES string of the molecule is Cc1cccc(F)c1-c1cc2c([nH]1)CCNC2. The molecule has 0 saturated carbocycles. The van der Waals surface area contributed by atoms with Crippen molar-refractivity contribution in [3.63, 3.8) is 0 Å². The second kappa shape index (κ2) is 4.00. The molecule has 0 spiro atoms. The Balaban J connectivity index is 2.12. The minimum absolute atomic E-state index is 0.156. The van der Waals surface area contributed by atoms with Crippen molar-refractivity contribution in [1.82, 2.24) is 10.3 Å². The van der Waals surface area contributed by atoms with E-state index in [1.807, 2.05) is 13.0 Å². The largest absolute Gasteiger partial charge is 0.358 e. The first-order valence-electron chi connectivity index (χ1n) is 5.92. The van der Waals surface area contributed by atoms with E-state index in [0.717, 1.165) is 30.8 Å². The maximum absolute atomic E-state index is 13.9.